The number of amides is 2. The van der Waals surface area contributed by atoms with Crippen LogP contribution in [-0.4, -0.2) is 35.6 Å². The van der Waals surface area contributed by atoms with Gasteiger partial charge in [-0.15, -0.1) is 23.1 Å². The molecule has 2 N–H and O–H groups in total. The predicted octanol–water partition coefficient (Wildman–Crippen LogP) is 6.56. The van der Waals surface area contributed by atoms with E-state index in [1.807, 2.05) is 49.4 Å². The second-order valence-corrected chi connectivity index (χ2v) is 12.2. The fraction of sp³-hybridized carbons (Fsp3) is 0.219. The van der Waals surface area contributed by atoms with Gasteiger partial charge in [0.2, 0.25) is 5.91 Å². The zero-order chi connectivity index (χ0) is 28.8. The van der Waals surface area contributed by atoms with Crippen molar-refractivity contribution in [3.8, 4) is 11.8 Å². The highest BCUT2D eigenvalue weighted by molar-refractivity contribution is 8.00. The van der Waals surface area contributed by atoms with Gasteiger partial charge in [0.1, 0.15) is 16.8 Å². The molecule has 1 aliphatic rings. The summed E-state index contributed by atoms with van der Waals surface area (Å²) in [4.78, 5) is 30.3. The lowest BCUT2D eigenvalue weighted by molar-refractivity contribution is -0.115. The Labute approximate surface area is 248 Å². The molecule has 41 heavy (non-hydrogen) atoms. The smallest absolute Gasteiger partial charge is 0.255 e. The summed E-state index contributed by atoms with van der Waals surface area (Å²) in [7, 11) is 1.56. The van der Waals surface area contributed by atoms with Crippen molar-refractivity contribution >= 4 is 45.6 Å². The summed E-state index contributed by atoms with van der Waals surface area (Å²) in [6.45, 7) is 4.33. The first-order valence-electron chi connectivity index (χ1n) is 13.3. The van der Waals surface area contributed by atoms with Gasteiger partial charge in [-0.2, -0.15) is 5.26 Å². The van der Waals surface area contributed by atoms with Crippen LogP contribution in [0.4, 0.5) is 10.7 Å². The van der Waals surface area contributed by atoms with Crippen LogP contribution in [0.2, 0.25) is 0 Å². The lowest BCUT2D eigenvalue weighted by Gasteiger charge is -2.26. The molecule has 1 atom stereocenters. The van der Waals surface area contributed by atoms with E-state index < -0.39 is 5.25 Å². The molecule has 5 rings (SSSR count). The maximum Gasteiger partial charge on any atom is 0.255 e. The largest absolute Gasteiger partial charge is 0.497 e. The number of fused-ring (bicyclic) bond motifs is 1. The van der Waals surface area contributed by atoms with Crippen molar-refractivity contribution in [3.63, 3.8) is 0 Å². The van der Waals surface area contributed by atoms with Crippen molar-refractivity contribution in [1.82, 2.24) is 4.90 Å². The average molecular weight is 583 g/mol. The Morgan fingerprint density at radius 3 is 2.66 bits per heavy atom. The molecular formula is C32H30N4O3S2. The number of carbonyl (C=O) groups excluding carboxylic acids is 2. The van der Waals surface area contributed by atoms with Crippen LogP contribution in [0.25, 0.3) is 0 Å². The minimum atomic E-state index is -0.417. The molecule has 0 saturated carbocycles. The van der Waals surface area contributed by atoms with Gasteiger partial charge in [-0.05, 0) is 60.9 Å². The van der Waals surface area contributed by atoms with Crippen molar-refractivity contribution in [1.29, 1.82) is 5.26 Å². The molecule has 2 amide bonds. The molecule has 0 fully saturated rings. The summed E-state index contributed by atoms with van der Waals surface area (Å²) < 4.78 is 5.21. The second-order valence-electron chi connectivity index (χ2n) is 9.73. The monoisotopic (exact) mass is 582 g/mol. The lowest BCUT2D eigenvalue weighted by atomic mass is 10.0. The highest BCUT2D eigenvalue weighted by Gasteiger charge is 2.26. The van der Waals surface area contributed by atoms with Gasteiger partial charge in [-0.25, -0.2) is 0 Å². The number of carbonyl (C=O) groups is 2. The molecule has 9 heteroatoms. The number of rotatable bonds is 9. The number of hydrogen-bond donors (Lipinski definition) is 2. The van der Waals surface area contributed by atoms with Gasteiger partial charge < -0.3 is 15.4 Å². The predicted molar refractivity (Wildman–Crippen MR) is 165 cm³/mol. The maximum atomic E-state index is 13.2. The van der Waals surface area contributed by atoms with E-state index in [9.17, 15) is 14.9 Å². The third-order valence-corrected chi connectivity index (χ3v) is 9.07. The van der Waals surface area contributed by atoms with Crippen LogP contribution in [-0.2, 0) is 24.3 Å². The SMILES string of the molecule is COc1cccc(C(=O)Nc2cccc(SC(C)C(=O)Nc3sc4c(c3C#N)CCN(Cc3ccccc3)C4)c2)c1. The van der Waals surface area contributed by atoms with Crippen LogP contribution in [0.1, 0.15) is 38.8 Å². The Morgan fingerprint density at radius 1 is 1.07 bits per heavy atom. The van der Waals surface area contributed by atoms with Gasteiger partial charge in [0.15, 0.2) is 0 Å². The molecule has 0 bridgehead atoms. The van der Waals surface area contributed by atoms with Crippen LogP contribution in [0.5, 0.6) is 5.75 Å². The highest BCUT2D eigenvalue weighted by Crippen LogP contribution is 2.37. The van der Waals surface area contributed by atoms with E-state index in [1.165, 1.54) is 28.7 Å². The van der Waals surface area contributed by atoms with Crippen molar-refractivity contribution in [2.24, 2.45) is 0 Å². The van der Waals surface area contributed by atoms with Crippen molar-refractivity contribution in [2.45, 2.75) is 36.6 Å². The molecule has 1 unspecified atom stereocenters. The minimum Gasteiger partial charge on any atom is -0.497 e. The Hall–Kier alpha value is -4.10. The van der Waals surface area contributed by atoms with E-state index >= 15 is 0 Å². The number of nitrogens with one attached hydrogen (secondary N) is 2. The Balaban J connectivity index is 1.21. The number of methoxy groups -OCH3 is 1. The summed E-state index contributed by atoms with van der Waals surface area (Å²) in [5, 5.41) is 16.0. The summed E-state index contributed by atoms with van der Waals surface area (Å²) in [6.07, 6.45) is 0.788. The number of anilines is 2. The van der Waals surface area contributed by atoms with E-state index in [-0.39, 0.29) is 11.8 Å². The lowest BCUT2D eigenvalue weighted by Crippen LogP contribution is -2.29. The van der Waals surface area contributed by atoms with Gasteiger partial charge >= 0.3 is 0 Å². The van der Waals surface area contributed by atoms with Crippen LogP contribution >= 0.6 is 23.1 Å². The van der Waals surface area contributed by atoms with Crippen molar-refractivity contribution in [2.75, 3.05) is 24.3 Å². The van der Waals surface area contributed by atoms with E-state index in [2.05, 4.69) is 33.7 Å². The minimum absolute atomic E-state index is 0.169. The van der Waals surface area contributed by atoms with Gasteiger partial charge in [0.05, 0.1) is 17.9 Å². The van der Waals surface area contributed by atoms with Crippen LogP contribution < -0.4 is 15.4 Å². The van der Waals surface area contributed by atoms with Gasteiger partial charge in [-0.3, -0.25) is 14.5 Å². The summed E-state index contributed by atoms with van der Waals surface area (Å²) >= 11 is 2.89. The Bertz CT molecular complexity index is 1600. The molecule has 3 aromatic carbocycles. The molecular weight excluding hydrogens is 553 g/mol. The summed E-state index contributed by atoms with van der Waals surface area (Å²) in [5.41, 5.74) is 4.02. The van der Waals surface area contributed by atoms with Crippen molar-refractivity contribution in [3.05, 3.63) is 106 Å². The van der Waals surface area contributed by atoms with Gasteiger partial charge in [0, 0.05) is 40.7 Å². The molecule has 0 aliphatic carbocycles. The number of benzene rings is 3. The zero-order valence-electron chi connectivity index (χ0n) is 22.8. The van der Waals surface area contributed by atoms with E-state index in [4.69, 9.17) is 4.74 Å². The molecule has 1 aliphatic heterocycles. The van der Waals surface area contributed by atoms with E-state index in [1.54, 1.807) is 31.4 Å². The number of nitriles is 1. The summed E-state index contributed by atoms with van der Waals surface area (Å²) in [5.74, 6) is 0.194. The molecule has 2 heterocycles. The molecule has 4 aromatic rings. The molecule has 0 radical (unpaired) electrons. The molecule has 0 spiro atoms. The molecule has 0 saturated heterocycles. The van der Waals surface area contributed by atoms with Gasteiger partial charge in [0.25, 0.3) is 5.91 Å². The quantitative estimate of drug-likeness (QED) is 0.217. The van der Waals surface area contributed by atoms with Gasteiger partial charge in [-0.1, -0.05) is 42.5 Å². The molecule has 208 valence electrons. The Morgan fingerprint density at radius 2 is 1.88 bits per heavy atom. The summed E-state index contributed by atoms with van der Waals surface area (Å²) in [6, 6.07) is 27.0. The second kappa shape index (κ2) is 13.0. The maximum absolute atomic E-state index is 13.2. The third kappa shape index (κ3) is 6.98. The van der Waals surface area contributed by atoms with E-state index in [0.717, 1.165) is 41.4 Å². The number of hydrogen-bond acceptors (Lipinski definition) is 7. The number of nitrogens with zero attached hydrogens (tertiary/aromatic N) is 2. The first kappa shape index (κ1) is 28.4. The topological polar surface area (TPSA) is 94.5 Å². The first-order valence-corrected chi connectivity index (χ1v) is 15.0. The highest BCUT2D eigenvalue weighted by atomic mass is 32.2. The Kier molecular flexibility index (Phi) is 9.04. The number of ether oxygens (including phenoxy) is 1. The average Bonchev–Trinajstić information content (AvgIpc) is 3.33. The first-order chi connectivity index (χ1) is 19.9. The molecule has 1 aromatic heterocycles. The normalized spacial score (nSPS) is 13.5. The fourth-order valence-electron chi connectivity index (χ4n) is 4.73. The van der Waals surface area contributed by atoms with Crippen LogP contribution in [0, 0.1) is 11.3 Å². The van der Waals surface area contributed by atoms with Crippen LogP contribution in [0.3, 0.4) is 0 Å². The fourth-order valence-corrected chi connectivity index (χ4v) is 6.89. The third-order valence-electron chi connectivity index (χ3n) is 6.84. The van der Waals surface area contributed by atoms with Crippen molar-refractivity contribution < 1.29 is 14.3 Å². The van der Waals surface area contributed by atoms with Crippen LogP contribution in [0.15, 0.2) is 83.8 Å². The standard InChI is InChI=1S/C32H30N4O3S2/c1-21(40-26-13-7-11-24(17-26)34-31(38)23-10-6-12-25(16-23)39-2)30(37)35-32-28(18-33)27-14-15-36(20-29(27)41-32)19-22-8-4-3-5-9-22/h3-13,16-17,21H,14-15,19-20H2,1-2H3,(H,34,38)(H,35,37). The number of thioether (sulfide) groups is 1. The zero-order valence-corrected chi connectivity index (χ0v) is 24.5. The van der Waals surface area contributed by atoms with E-state index in [0.29, 0.717) is 27.6 Å². The molecule has 7 nitrogen and oxygen atoms in total. The number of thiophene rings is 1.